The van der Waals surface area contributed by atoms with Gasteiger partial charge in [-0.25, -0.2) is 0 Å². The van der Waals surface area contributed by atoms with E-state index in [0.29, 0.717) is 6.10 Å². The average molecular weight is 304 g/mol. The molecule has 1 aromatic rings. The topological polar surface area (TPSA) is 21.3 Å². The Morgan fingerprint density at radius 3 is 3.12 bits per heavy atom. The third-order valence-corrected chi connectivity index (χ3v) is 4.54. The number of rotatable bonds is 5. The molecule has 90 valence electrons. The molecular weight excluding hydrogens is 286 g/mol. The van der Waals surface area contributed by atoms with Crippen LogP contribution in [0.4, 0.5) is 0 Å². The van der Waals surface area contributed by atoms with Crippen LogP contribution in [0.5, 0.6) is 0 Å². The highest BCUT2D eigenvalue weighted by Crippen LogP contribution is 2.19. The van der Waals surface area contributed by atoms with Crippen molar-refractivity contribution < 1.29 is 4.74 Å². The van der Waals surface area contributed by atoms with Crippen molar-refractivity contribution >= 4 is 27.3 Å². The molecule has 4 heteroatoms. The van der Waals surface area contributed by atoms with Crippen molar-refractivity contribution in [1.82, 2.24) is 5.32 Å². The summed E-state index contributed by atoms with van der Waals surface area (Å²) in [5, 5.41) is 5.60. The Morgan fingerprint density at radius 1 is 1.50 bits per heavy atom. The molecule has 0 bridgehead atoms. The quantitative estimate of drug-likeness (QED) is 0.840. The van der Waals surface area contributed by atoms with Gasteiger partial charge >= 0.3 is 0 Å². The zero-order valence-electron chi connectivity index (χ0n) is 9.38. The van der Waals surface area contributed by atoms with Crippen LogP contribution in [0.3, 0.4) is 0 Å². The van der Waals surface area contributed by atoms with Crippen LogP contribution >= 0.6 is 27.3 Å². The summed E-state index contributed by atoms with van der Waals surface area (Å²) in [6.07, 6.45) is 5.46. The maximum atomic E-state index is 5.69. The molecule has 2 nitrogen and oxygen atoms in total. The molecule has 1 fully saturated rings. The summed E-state index contributed by atoms with van der Waals surface area (Å²) in [5.41, 5.74) is 0. The summed E-state index contributed by atoms with van der Waals surface area (Å²) >= 11 is 5.26. The molecule has 1 aliphatic heterocycles. The van der Waals surface area contributed by atoms with Crippen LogP contribution in [-0.2, 0) is 11.3 Å². The maximum Gasteiger partial charge on any atom is 0.0587 e. The Hall–Kier alpha value is 0.1000. The molecule has 1 aromatic heterocycles. The van der Waals surface area contributed by atoms with Gasteiger partial charge in [0.15, 0.2) is 0 Å². The minimum Gasteiger partial charge on any atom is -0.378 e. The molecule has 0 spiro atoms. The predicted molar refractivity (Wildman–Crippen MR) is 71.9 cm³/mol. The molecule has 1 N–H and O–H groups in total. The van der Waals surface area contributed by atoms with Crippen molar-refractivity contribution in [3.63, 3.8) is 0 Å². The summed E-state index contributed by atoms with van der Waals surface area (Å²) in [6, 6.07) is 2.18. The third kappa shape index (κ3) is 4.17. The average Bonchev–Trinajstić information content (AvgIpc) is 2.72. The number of thiophene rings is 1. The molecule has 16 heavy (non-hydrogen) atoms. The zero-order chi connectivity index (χ0) is 11.2. The lowest BCUT2D eigenvalue weighted by atomic mass is 10.1. The van der Waals surface area contributed by atoms with Gasteiger partial charge in [0.2, 0.25) is 0 Å². The fourth-order valence-corrected chi connectivity index (χ4v) is 3.38. The van der Waals surface area contributed by atoms with Crippen LogP contribution in [-0.4, -0.2) is 19.3 Å². The van der Waals surface area contributed by atoms with Crippen LogP contribution in [0.1, 0.15) is 30.6 Å². The van der Waals surface area contributed by atoms with Gasteiger partial charge in [-0.2, -0.15) is 0 Å². The molecule has 1 atom stereocenters. The smallest absolute Gasteiger partial charge is 0.0587 e. The van der Waals surface area contributed by atoms with Crippen molar-refractivity contribution in [3.05, 3.63) is 20.8 Å². The van der Waals surface area contributed by atoms with E-state index >= 15 is 0 Å². The van der Waals surface area contributed by atoms with E-state index in [9.17, 15) is 0 Å². The van der Waals surface area contributed by atoms with Gasteiger partial charge in [-0.05, 0) is 54.2 Å². The molecule has 0 radical (unpaired) electrons. The van der Waals surface area contributed by atoms with Crippen LogP contribution in [0.2, 0.25) is 0 Å². The molecule has 1 unspecified atom stereocenters. The second-order valence-corrected chi connectivity index (χ2v) is 6.10. The van der Waals surface area contributed by atoms with E-state index in [2.05, 4.69) is 32.7 Å². The number of halogens is 1. The van der Waals surface area contributed by atoms with E-state index in [0.717, 1.165) is 26.1 Å². The summed E-state index contributed by atoms with van der Waals surface area (Å²) in [7, 11) is 0. The lowest BCUT2D eigenvalue weighted by Crippen LogP contribution is -2.24. The number of ether oxygens (including phenoxy) is 1. The standard InChI is InChI=1S/C12H18BrNOS/c13-10-7-12(16-9-10)8-14-5-4-11-3-1-2-6-15-11/h7,9,11,14H,1-6,8H2. The fraction of sp³-hybridized carbons (Fsp3) is 0.667. The zero-order valence-corrected chi connectivity index (χ0v) is 11.8. The van der Waals surface area contributed by atoms with Crippen molar-refractivity contribution in [2.45, 2.75) is 38.3 Å². The molecule has 2 heterocycles. The highest BCUT2D eigenvalue weighted by molar-refractivity contribution is 9.10. The largest absolute Gasteiger partial charge is 0.378 e. The first kappa shape index (κ1) is 12.6. The van der Waals surface area contributed by atoms with Gasteiger partial charge in [0, 0.05) is 27.9 Å². The van der Waals surface area contributed by atoms with Crippen LogP contribution in [0.15, 0.2) is 15.9 Å². The lowest BCUT2D eigenvalue weighted by Gasteiger charge is -2.22. The van der Waals surface area contributed by atoms with E-state index in [-0.39, 0.29) is 0 Å². The van der Waals surface area contributed by atoms with Gasteiger partial charge in [-0.1, -0.05) is 0 Å². The molecule has 0 aliphatic carbocycles. The van der Waals surface area contributed by atoms with Crippen LogP contribution in [0.25, 0.3) is 0 Å². The van der Waals surface area contributed by atoms with E-state index in [1.54, 1.807) is 11.3 Å². The van der Waals surface area contributed by atoms with Crippen LogP contribution < -0.4 is 5.32 Å². The third-order valence-electron chi connectivity index (χ3n) is 2.84. The predicted octanol–water partition coefficient (Wildman–Crippen LogP) is 3.56. The summed E-state index contributed by atoms with van der Waals surface area (Å²) in [4.78, 5) is 1.39. The van der Waals surface area contributed by atoms with Gasteiger partial charge in [0.05, 0.1) is 6.10 Å². The van der Waals surface area contributed by atoms with Gasteiger partial charge in [0.25, 0.3) is 0 Å². The fourth-order valence-electron chi connectivity index (χ4n) is 1.96. The van der Waals surface area contributed by atoms with Crippen molar-refractivity contribution in [2.24, 2.45) is 0 Å². The maximum absolute atomic E-state index is 5.69. The van der Waals surface area contributed by atoms with Gasteiger partial charge in [0.1, 0.15) is 0 Å². The normalized spacial score (nSPS) is 21.2. The minimum atomic E-state index is 0.497. The monoisotopic (exact) mass is 303 g/mol. The molecular formula is C12H18BrNOS. The first-order valence-corrected chi connectivity index (χ1v) is 7.57. The number of hydrogen-bond acceptors (Lipinski definition) is 3. The Kier molecular flexibility index (Phi) is 5.29. The van der Waals surface area contributed by atoms with Crippen LogP contribution in [0, 0.1) is 0 Å². The van der Waals surface area contributed by atoms with E-state index in [4.69, 9.17) is 4.74 Å². The molecule has 1 saturated heterocycles. The highest BCUT2D eigenvalue weighted by atomic mass is 79.9. The Labute approximate surface area is 110 Å². The van der Waals surface area contributed by atoms with Gasteiger partial charge < -0.3 is 10.1 Å². The first-order valence-electron chi connectivity index (χ1n) is 5.90. The Balaban J connectivity index is 1.57. The summed E-state index contributed by atoms with van der Waals surface area (Å²) < 4.78 is 6.87. The minimum absolute atomic E-state index is 0.497. The van der Waals surface area contributed by atoms with Gasteiger partial charge in [-0.3, -0.25) is 0 Å². The van der Waals surface area contributed by atoms with E-state index in [1.807, 2.05) is 0 Å². The Morgan fingerprint density at radius 2 is 2.44 bits per heavy atom. The van der Waals surface area contributed by atoms with E-state index in [1.165, 1.54) is 28.6 Å². The van der Waals surface area contributed by atoms with E-state index < -0.39 is 0 Å². The highest BCUT2D eigenvalue weighted by Gasteiger charge is 2.12. The van der Waals surface area contributed by atoms with Crippen molar-refractivity contribution in [1.29, 1.82) is 0 Å². The SMILES string of the molecule is Brc1csc(CNCCC2CCCCO2)c1. The first-order chi connectivity index (χ1) is 7.84. The molecule has 0 aromatic carbocycles. The summed E-state index contributed by atoms with van der Waals surface area (Å²) in [5.74, 6) is 0. The second-order valence-electron chi connectivity index (χ2n) is 4.19. The number of nitrogens with one attached hydrogen (secondary N) is 1. The van der Waals surface area contributed by atoms with Gasteiger partial charge in [-0.15, -0.1) is 11.3 Å². The van der Waals surface area contributed by atoms with Crippen molar-refractivity contribution in [2.75, 3.05) is 13.2 Å². The summed E-state index contributed by atoms with van der Waals surface area (Å²) in [6.45, 7) is 2.99. The molecule has 1 aliphatic rings. The van der Waals surface area contributed by atoms with Crippen molar-refractivity contribution in [3.8, 4) is 0 Å². The molecule has 2 rings (SSSR count). The molecule has 0 amide bonds. The lowest BCUT2D eigenvalue weighted by molar-refractivity contribution is 0.0115. The molecule has 0 saturated carbocycles. The second kappa shape index (κ2) is 6.74. The number of hydrogen-bond donors (Lipinski definition) is 1. The Bertz CT molecular complexity index is 310.